The normalized spacial score (nSPS) is 24.4. The van der Waals surface area contributed by atoms with Crippen LogP contribution in [0.1, 0.15) is 47.0 Å². The highest BCUT2D eigenvalue weighted by atomic mass is 16.2. The Morgan fingerprint density at radius 1 is 1.56 bits per heavy atom. The van der Waals surface area contributed by atoms with E-state index >= 15 is 0 Å². The molecule has 18 heavy (non-hydrogen) atoms. The van der Waals surface area contributed by atoms with Crippen molar-refractivity contribution in [3.63, 3.8) is 0 Å². The van der Waals surface area contributed by atoms with Gasteiger partial charge in [-0.3, -0.25) is 9.69 Å². The molecule has 1 aliphatic rings. The molecule has 1 atom stereocenters. The Hall–Kier alpha value is -1.08. The van der Waals surface area contributed by atoms with E-state index < -0.39 is 0 Å². The van der Waals surface area contributed by atoms with Crippen molar-refractivity contribution in [2.75, 3.05) is 13.1 Å². The van der Waals surface area contributed by atoms with E-state index in [2.05, 4.69) is 44.0 Å². The van der Waals surface area contributed by atoms with Gasteiger partial charge >= 0.3 is 0 Å². The number of carbonyl (C=O) groups excluding carboxylic acids is 1. The van der Waals surface area contributed by atoms with Gasteiger partial charge in [-0.25, -0.2) is 0 Å². The van der Waals surface area contributed by atoms with Crippen LogP contribution in [-0.4, -0.2) is 35.5 Å². The van der Waals surface area contributed by atoms with Gasteiger partial charge in [0.25, 0.3) is 0 Å². The molecule has 1 heterocycles. The molecule has 4 heteroatoms. The van der Waals surface area contributed by atoms with Crippen LogP contribution in [-0.2, 0) is 4.79 Å². The van der Waals surface area contributed by atoms with Gasteiger partial charge in [0.2, 0.25) is 5.91 Å². The van der Waals surface area contributed by atoms with Gasteiger partial charge in [-0.1, -0.05) is 13.8 Å². The van der Waals surface area contributed by atoms with Crippen molar-refractivity contribution in [3.05, 3.63) is 0 Å². The average molecular weight is 251 g/mol. The van der Waals surface area contributed by atoms with Crippen molar-refractivity contribution in [1.82, 2.24) is 10.2 Å². The van der Waals surface area contributed by atoms with Crippen LogP contribution in [0.4, 0.5) is 0 Å². The molecule has 1 saturated heterocycles. The molecule has 1 amide bonds. The number of carbonyl (C=O) groups is 1. The fourth-order valence-corrected chi connectivity index (χ4v) is 2.46. The third kappa shape index (κ3) is 3.71. The van der Waals surface area contributed by atoms with Crippen LogP contribution in [0, 0.1) is 17.2 Å². The molecule has 0 aromatic rings. The van der Waals surface area contributed by atoms with E-state index in [0.29, 0.717) is 12.5 Å². The van der Waals surface area contributed by atoms with Crippen LogP contribution in [0.5, 0.6) is 0 Å². The van der Waals surface area contributed by atoms with E-state index in [4.69, 9.17) is 5.26 Å². The molecule has 1 rings (SSSR count). The molecule has 1 aliphatic heterocycles. The zero-order valence-corrected chi connectivity index (χ0v) is 12.0. The summed E-state index contributed by atoms with van der Waals surface area (Å²) >= 11 is 0. The molecular weight excluding hydrogens is 226 g/mol. The van der Waals surface area contributed by atoms with E-state index in [1.165, 1.54) is 0 Å². The maximum absolute atomic E-state index is 12.0. The summed E-state index contributed by atoms with van der Waals surface area (Å²) in [6.07, 6.45) is 2.25. The molecule has 1 unspecified atom stereocenters. The fraction of sp³-hybridized carbons (Fsp3) is 0.857. The van der Waals surface area contributed by atoms with Crippen molar-refractivity contribution in [2.45, 2.75) is 58.5 Å². The monoisotopic (exact) mass is 251 g/mol. The smallest absolute Gasteiger partial charge is 0.238 e. The van der Waals surface area contributed by atoms with Gasteiger partial charge in [0.15, 0.2) is 0 Å². The summed E-state index contributed by atoms with van der Waals surface area (Å²) in [5.74, 6) is 0.612. The Labute approximate surface area is 110 Å². The number of nitriles is 1. The summed E-state index contributed by atoms with van der Waals surface area (Å²) in [6, 6.07) is 1.85. The highest BCUT2D eigenvalue weighted by Crippen LogP contribution is 2.26. The van der Waals surface area contributed by atoms with E-state index in [1.54, 1.807) is 0 Å². The van der Waals surface area contributed by atoms with Crippen LogP contribution in [0.3, 0.4) is 0 Å². The van der Waals surface area contributed by atoms with Gasteiger partial charge in [-0.15, -0.1) is 0 Å². The van der Waals surface area contributed by atoms with Crippen molar-refractivity contribution >= 4 is 5.91 Å². The number of rotatable bonds is 4. The predicted molar refractivity (Wildman–Crippen MR) is 71.9 cm³/mol. The zero-order valence-electron chi connectivity index (χ0n) is 12.0. The second-order valence-electron chi connectivity index (χ2n) is 6.11. The van der Waals surface area contributed by atoms with Crippen LogP contribution in [0.25, 0.3) is 0 Å². The fourth-order valence-electron chi connectivity index (χ4n) is 2.46. The summed E-state index contributed by atoms with van der Waals surface area (Å²) < 4.78 is 0. The Bertz CT molecular complexity index is 330. The van der Waals surface area contributed by atoms with E-state index in [0.717, 1.165) is 19.4 Å². The largest absolute Gasteiger partial charge is 0.355 e. The van der Waals surface area contributed by atoms with Gasteiger partial charge in [0.05, 0.1) is 12.5 Å². The number of nitrogens with one attached hydrogen (secondary N) is 1. The number of nitrogens with zero attached hydrogens (tertiary/aromatic N) is 2. The minimum Gasteiger partial charge on any atom is -0.355 e. The van der Waals surface area contributed by atoms with E-state index in [9.17, 15) is 4.79 Å². The maximum Gasteiger partial charge on any atom is 0.238 e. The van der Waals surface area contributed by atoms with Crippen LogP contribution >= 0.6 is 0 Å². The maximum atomic E-state index is 12.0. The lowest BCUT2D eigenvalue weighted by Crippen LogP contribution is -2.52. The van der Waals surface area contributed by atoms with Gasteiger partial charge in [0.1, 0.15) is 6.04 Å². The topological polar surface area (TPSA) is 56.1 Å². The first kappa shape index (κ1) is 15.0. The molecule has 102 valence electrons. The molecule has 0 aromatic heterocycles. The molecule has 0 saturated carbocycles. The van der Waals surface area contributed by atoms with Crippen LogP contribution in [0.2, 0.25) is 0 Å². The molecule has 0 radical (unpaired) electrons. The second-order valence-corrected chi connectivity index (χ2v) is 6.11. The first-order valence-corrected chi connectivity index (χ1v) is 6.80. The Balaban J connectivity index is 2.90. The van der Waals surface area contributed by atoms with Crippen molar-refractivity contribution in [3.8, 4) is 6.07 Å². The Kier molecular flexibility index (Phi) is 5.15. The van der Waals surface area contributed by atoms with Crippen molar-refractivity contribution in [2.24, 2.45) is 5.92 Å². The molecule has 4 nitrogen and oxygen atoms in total. The predicted octanol–water partition coefficient (Wildman–Crippen LogP) is 1.92. The zero-order chi connectivity index (χ0) is 13.8. The molecule has 0 aliphatic carbocycles. The van der Waals surface area contributed by atoms with Gasteiger partial charge in [-0.05, 0) is 39.2 Å². The van der Waals surface area contributed by atoms with Crippen LogP contribution in [0.15, 0.2) is 0 Å². The highest BCUT2D eigenvalue weighted by Gasteiger charge is 2.38. The quantitative estimate of drug-likeness (QED) is 0.830. The number of amides is 1. The van der Waals surface area contributed by atoms with Crippen molar-refractivity contribution < 1.29 is 4.79 Å². The SMILES string of the molecule is CC(C)CCN1C(CC#N)C(=O)NCCC1(C)C. The van der Waals surface area contributed by atoms with E-state index in [1.807, 2.05) is 0 Å². The van der Waals surface area contributed by atoms with E-state index in [-0.39, 0.29) is 23.9 Å². The standard InChI is InChI=1S/C14H25N3O/c1-11(2)6-10-17-12(5-8-15)13(18)16-9-7-14(17,3)4/h11-12H,5-7,9-10H2,1-4H3,(H,16,18). The van der Waals surface area contributed by atoms with Gasteiger partial charge in [0, 0.05) is 12.1 Å². The lowest BCUT2D eigenvalue weighted by molar-refractivity contribution is -0.127. The summed E-state index contributed by atoms with van der Waals surface area (Å²) in [5, 5.41) is 11.9. The Morgan fingerprint density at radius 2 is 2.22 bits per heavy atom. The summed E-state index contributed by atoms with van der Waals surface area (Å²) in [4.78, 5) is 14.3. The first-order valence-electron chi connectivity index (χ1n) is 6.80. The summed E-state index contributed by atoms with van der Waals surface area (Å²) in [7, 11) is 0. The summed E-state index contributed by atoms with van der Waals surface area (Å²) in [5.41, 5.74) is -0.0322. The van der Waals surface area contributed by atoms with Crippen molar-refractivity contribution in [1.29, 1.82) is 5.26 Å². The molecule has 0 spiro atoms. The van der Waals surface area contributed by atoms with Crippen LogP contribution < -0.4 is 5.32 Å². The lowest BCUT2D eigenvalue weighted by Gasteiger charge is -2.40. The first-order chi connectivity index (χ1) is 8.38. The van der Waals surface area contributed by atoms with Gasteiger partial charge in [-0.2, -0.15) is 5.26 Å². The third-order valence-corrected chi connectivity index (χ3v) is 3.72. The highest BCUT2D eigenvalue weighted by molar-refractivity contribution is 5.82. The second kappa shape index (κ2) is 6.19. The lowest BCUT2D eigenvalue weighted by atomic mass is 9.95. The minimum atomic E-state index is -0.300. The Morgan fingerprint density at radius 3 is 2.78 bits per heavy atom. The average Bonchev–Trinajstić information content (AvgIpc) is 2.35. The third-order valence-electron chi connectivity index (χ3n) is 3.72. The minimum absolute atomic E-state index is 0.00545. The molecule has 0 bridgehead atoms. The van der Waals surface area contributed by atoms with Gasteiger partial charge < -0.3 is 5.32 Å². The molecule has 1 N–H and O–H groups in total. The number of hydrogen-bond acceptors (Lipinski definition) is 3. The summed E-state index contributed by atoms with van der Waals surface area (Å²) in [6.45, 7) is 10.3. The molecule has 1 fully saturated rings. The molecule has 0 aromatic carbocycles. The number of hydrogen-bond donors (Lipinski definition) is 1. The molecular formula is C14H25N3O.